The molecule has 0 bridgehead atoms. The minimum absolute atomic E-state index is 0.00472. The van der Waals surface area contributed by atoms with E-state index in [1.54, 1.807) is 0 Å². The van der Waals surface area contributed by atoms with E-state index in [0.29, 0.717) is 11.8 Å². The van der Waals surface area contributed by atoms with Crippen molar-refractivity contribution in [3.8, 4) is 5.75 Å². The Bertz CT molecular complexity index is 470. The number of carbonyl (C=O) groups excluding carboxylic acids is 1. The largest absolute Gasteiger partial charge is 0.491 e. The van der Waals surface area contributed by atoms with E-state index in [1.807, 2.05) is 0 Å². The maximum absolute atomic E-state index is 11.2. The number of hydrogen-bond acceptors (Lipinski definition) is 5. The number of carbonyl (C=O) groups is 1. The second-order valence-corrected chi connectivity index (χ2v) is 4.46. The molecular weight excluding hydrogens is 250 g/mol. The number of nitrogens with two attached hydrogens (primary N) is 1. The first-order valence-electron chi connectivity index (χ1n) is 5.99. The first-order chi connectivity index (χ1) is 9.06. The molecule has 3 N–H and O–H groups in total. The van der Waals surface area contributed by atoms with E-state index < -0.39 is 16.9 Å². The van der Waals surface area contributed by atoms with Gasteiger partial charge >= 0.3 is 0 Å². The zero-order chi connectivity index (χ0) is 13.8. The van der Waals surface area contributed by atoms with Crippen molar-refractivity contribution in [1.82, 2.24) is 5.32 Å². The zero-order valence-corrected chi connectivity index (χ0v) is 10.2. The standard InChI is InChI=1S/C12H15N3O4/c13-12(16)11(14-8-1-2-8)7-19-10-5-3-9(4-6-10)15(17)18/h3-6,8,11,14H,1-2,7H2,(H2,13,16). The van der Waals surface area contributed by atoms with E-state index in [2.05, 4.69) is 5.32 Å². The van der Waals surface area contributed by atoms with Gasteiger partial charge in [0.1, 0.15) is 18.4 Å². The number of ether oxygens (including phenoxy) is 1. The number of non-ortho nitro benzene ring substituents is 1. The third-order valence-electron chi connectivity index (χ3n) is 2.82. The summed E-state index contributed by atoms with van der Waals surface area (Å²) in [6.45, 7) is 0.115. The number of nitro benzene ring substituents is 1. The Balaban J connectivity index is 1.88. The summed E-state index contributed by atoms with van der Waals surface area (Å²) < 4.78 is 5.41. The van der Waals surface area contributed by atoms with Crippen LogP contribution in [0.2, 0.25) is 0 Å². The predicted octanol–water partition coefficient (Wildman–Crippen LogP) is 0.579. The highest BCUT2D eigenvalue weighted by molar-refractivity contribution is 5.80. The van der Waals surface area contributed by atoms with Crippen molar-refractivity contribution >= 4 is 11.6 Å². The molecule has 0 aromatic heterocycles. The van der Waals surface area contributed by atoms with Gasteiger partial charge in [0, 0.05) is 18.2 Å². The van der Waals surface area contributed by atoms with Crippen molar-refractivity contribution in [3.63, 3.8) is 0 Å². The molecule has 0 aliphatic heterocycles. The Kier molecular flexibility index (Phi) is 3.96. The fourth-order valence-corrected chi connectivity index (χ4v) is 1.59. The molecule has 2 rings (SSSR count). The molecule has 0 saturated heterocycles. The molecule has 1 unspecified atom stereocenters. The van der Waals surface area contributed by atoms with Crippen LogP contribution in [-0.4, -0.2) is 29.5 Å². The lowest BCUT2D eigenvalue weighted by Crippen LogP contribution is -2.46. The molecule has 0 radical (unpaired) electrons. The molecule has 1 amide bonds. The summed E-state index contributed by atoms with van der Waals surface area (Å²) in [4.78, 5) is 21.2. The average molecular weight is 265 g/mol. The summed E-state index contributed by atoms with van der Waals surface area (Å²) in [6.07, 6.45) is 2.09. The Labute approximate surface area is 109 Å². The molecule has 0 spiro atoms. The Morgan fingerprint density at radius 3 is 2.58 bits per heavy atom. The molecular formula is C12H15N3O4. The lowest BCUT2D eigenvalue weighted by Gasteiger charge is -2.15. The molecule has 0 heterocycles. The molecule has 1 aromatic carbocycles. The third-order valence-corrected chi connectivity index (χ3v) is 2.82. The highest BCUT2D eigenvalue weighted by Gasteiger charge is 2.27. The highest BCUT2D eigenvalue weighted by atomic mass is 16.6. The van der Waals surface area contributed by atoms with E-state index in [9.17, 15) is 14.9 Å². The van der Waals surface area contributed by atoms with Gasteiger partial charge in [0.2, 0.25) is 5.91 Å². The van der Waals surface area contributed by atoms with E-state index in [4.69, 9.17) is 10.5 Å². The lowest BCUT2D eigenvalue weighted by molar-refractivity contribution is -0.384. The summed E-state index contributed by atoms with van der Waals surface area (Å²) in [7, 11) is 0. The Morgan fingerprint density at radius 2 is 2.11 bits per heavy atom. The normalized spacial score (nSPS) is 15.8. The van der Waals surface area contributed by atoms with Crippen molar-refractivity contribution < 1.29 is 14.5 Å². The number of nitrogens with zero attached hydrogens (tertiary/aromatic N) is 1. The second-order valence-electron chi connectivity index (χ2n) is 4.46. The minimum atomic E-state index is -0.539. The fourth-order valence-electron chi connectivity index (χ4n) is 1.59. The summed E-state index contributed by atoms with van der Waals surface area (Å²) in [6, 6.07) is 5.49. The number of amides is 1. The van der Waals surface area contributed by atoms with Gasteiger partial charge in [0.15, 0.2) is 0 Å². The smallest absolute Gasteiger partial charge is 0.269 e. The van der Waals surface area contributed by atoms with E-state index in [1.165, 1.54) is 24.3 Å². The van der Waals surface area contributed by atoms with Gasteiger partial charge in [-0.1, -0.05) is 0 Å². The molecule has 1 saturated carbocycles. The van der Waals surface area contributed by atoms with Gasteiger partial charge in [-0.15, -0.1) is 0 Å². The van der Waals surface area contributed by atoms with Gasteiger partial charge in [0.05, 0.1) is 4.92 Å². The SMILES string of the molecule is NC(=O)C(COc1ccc([N+](=O)[O-])cc1)NC1CC1. The van der Waals surface area contributed by atoms with Crippen LogP contribution in [0.5, 0.6) is 5.75 Å². The third kappa shape index (κ3) is 3.92. The Morgan fingerprint density at radius 1 is 1.47 bits per heavy atom. The van der Waals surface area contributed by atoms with Crippen LogP contribution in [0.3, 0.4) is 0 Å². The number of benzene rings is 1. The van der Waals surface area contributed by atoms with E-state index >= 15 is 0 Å². The lowest BCUT2D eigenvalue weighted by atomic mass is 10.3. The van der Waals surface area contributed by atoms with Crippen molar-refractivity contribution in [2.24, 2.45) is 5.73 Å². The molecule has 1 aliphatic carbocycles. The van der Waals surface area contributed by atoms with Crippen molar-refractivity contribution in [2.75, 3.05) is 6.61 Å². The first-order valence-corrected chi connectivity index (χ1v) is 5.99. The molecule has 102 valence electrons. The summed E-state index contributed by atoms with van der Waals surface area (Å²) in [5, 5.41) is 13.6. The van der Waals surface area contributed by atoms with Crippen LogP contribution in [0.15, 0.2) is 24.3 Å². The van der Waals surface area contributed by atoms with Gasteiger partial charge in [-0.3, -0.25) is 14.9 Å². The maximum atomic E-state index is 11.2. The van der Waals surface area contributed by atoms with E-state index in [0.717, 1.165) is 12.8 Å². The monoisotopic (exact) mass is 265 g/mol. The van der Waals surface area contributed by atoms with Crippen LogP contribution < -0.4 is 15.8 Å². The van der Waals surface area contributed by atoms with Crippen molar-refractivity contribution in [1.29, 1.82) is 0 Å². The second kappa shape index (κ2) is 5.66. The number of hydrogen-bond donors (Lipinski definition) is 2. The van der Waals surface area contributed by atoms with Gasteiger partial charge in [-0.25, -0.2) is 0 Å². The van der Waals surface area contributed by atoms with Gasteiger partial charge in [0.25, 0.3) is 5.69 Å². The van der Waals surface area contributed by atoms with Crippen LogP contribution in [0.1, 0.15) is 12.8 Å². The molecule has 1 aromatic rings. The number of nitrogens with one attached hydrogen (secondary N) is 1. The van der Waals surface area contributed by atoms with Crippen LogP contribution in [0.25, 0.3) is 0 Å². The molecule has 19 heavy (non-hydrogen) atoms. The highest BCUT2D eigenvalue weighted by Crippen LogP contribution is 2.20. The molecule has 7 nitrogen and oxygen atoms in total. The van der Waals surface area contributed by atoms with Crippen LogP contribution in [0.4, 0.5) is 5.69 Å². The number of rotatable bonds is 7. The molecule has 1 atom stereocenters. The number of primary amides is 1. The predicted molar refractivity (Wildman–Crippen MR) is 67.7 cm³/mol. The van der Waals surface area contributed by atoms with Crippen molar-refractivity contribution in [3.05, 3.63) is 34.4 Å². The molecule has 7 heteroatoms. The molecule has 1 fully saturated rings. The average Bonchev–Trinajstić information content (AvgIpc) is 3.18. The fraction of sp³-hybridized carbons (Fsp3) is 0.417. The number of nitro groups is 1. The Hall–Kier alpha value is -2.15. The van der Waals surface area contributed by atoms with Gasteiger partial charge in [-0.2, -0.15) is 0 Å². The first kappa shape index (κ1) is 13.3. The van der Waals surface area contributed by atoms with Crippen LogP contribution >= 0.6 is 0 Å². The van der Waals surface area contributed by atoms with Crippen LogP contribution in [0, 0.1) is 10.1 Å². The zero-order valence-electron chi connectivity index (χ0n) is 10.2. The summed E-state index contributed by atoms with van der Waals surface area (Å²) in [5.41, 5.74) is 5.27. The molecule has 1 aliphatic rings. The van der Waals surface area contributed by atoms with Crippen LogP contribution in [-0.2, 0) is 4.79 Å². The minimum Gasteiger partial charge on any atom is -0.491 e. The quantitative estimate of drug-likeness (QED) is 0.554. The van der Waals surface area contributed by atoms with Crippen molar-refractivity contribution in [2.45, 2.75) is 24.9 Å². The maximum Gasteiger partial charge on any atom is 0.269 e. The summed E-state index contributed by atoms with van der Waals surface area (Å²) >= 11 is 0. The summed E-state index contributed by atoms with van der Waals surface area (Å²) in [5.74, 6) is 0.00302. The topological polar surface area (TPSA) is 107 Å². The van der Waals surface area contributed by atoms with Gasteiger partial charge in [-0.05, 0) is 25.0 Å². The van der Waals surface area contributed by atoms with E-state index in [-0.39, 0.29) is 12.3 Å². The van der Waals surface area contributed by atoms with Gasteiger partial charge < -0.3 is 15.8 Å².